The lowest BCUT2D eigenvalue weighted by Gasteiger charge is -2.26. The van der Waals surface area contributed by atoms with Crippen molar-refractivity contribution < 1.29 is 19.4 Å². The standard InChI is InChI=1S/C17H32N2O4/c1-2-23-16(21)8-6-4-3-5-7-13-18-17(22)19-14-9-11-15(20)12-10-14/h14-15,20H,2-13H2,1H3,(H2,18,19,22). The summed E-state index contributed by atoms with van der Waals surface area (Å²) in [6, 6.07) is 0.0926. The minimum atomic E-state index is -0.194. The van der Waals surface area contributed by atoms with Crippen molar-refractivity contribution in [2.24, 2.45) is 0 Å². The summed E-state index contributed by atoms with van der Waals surface area (Å²) in [7, 11) is 0. The lowest BCUT2D eigenvalue weighted by atomic mass is 9.93. The van der Waals surface area contributed by atoms with Crippen LogP contribution >= 0.6 is 0 Å². The highest BCUT2D eigenvalue weighted by Gasteiger charge is 2.20. The number of aliphatic hydroxyl groups excluding tert-OH is 1. The van der Waals surface area contributed by atoms with Gasteiger partial charge in [-0.15, -0.1) is 0 Å². The van der Waals surface area contributed by atoms with E-state index in [0.29, 0.717) is 19.6 Å². The van der Waals surface area contributed by atoms with Gasteiger partial charge in [0.1, 0.15) is 0 Å². The Morgan fingerprint density at radius 2 is 1.70 bits per heavy atom. The molecular weight excluding hydrogens is 296 g/mol. The van der Waals surface area contributed by atoms with Crippen LogP contribution in [0.3, 0.4) is 0 Å². The zero-order valence-corrected chi connectivity index (χ0v) is 14.3. The first-order valence-electron chi connectivity index (χ1n) is 9.00. The third-order valence-corrected chi connectivity index (χ3v) is 4.18. The van der Waals surface area contributed by atoms with E-state index in [2.05, 4.69) is 10.6 Å². The molecule has 0 aliphatic heterocycles. The lowest BCUT2D eigenvalue weighted by Crippen LogP contribution is -2.44. The molecule has 0 spiro atoms. The number of aliphatic hydroxyl groups is 1. The number of nitrogens with one attached hydrogen (secondary N) is 2. The van der Waals surface area contributed by atoms with E-state index in [1.807, 2.05) is 6.92 Å². The minimum absolute atomic E-state index is 0.103. The number of urea groups is 1. The Bertz CT molecular complexity index is 341. The molecule has 1 fully saturated rings. The molecule has 6 nitrogen and oxygen atoms in total. The summed E-state index contributed by atoms with van der Waals surface area (Å²) in [5.74, 6) is -0.110. The number of ether oxygens (including phenoxy) is 1. The summed E-state index contributed by atoms with van der Waals surface area (Å²) in [5, 5.41) is 15.3. The molecule has 0 unspecified atom stereocenters. The predicted molar refractivity (Wildman–Crippen MR) is 89.1 cm³/mol. The van der Waals surface area contributed by atoms with Crippen molar-refractivity contribution in [3.05, 3.63) is 0 Å². The van der Waals surface area contributed by atoms with Crippen LogP contribution in [0.15, 0.2) is 0 Å². The average Bonchev–Trinajstić information content (AvgIpc) is 2.52. The Hall–Kier alpha value is -1.30. The third-order valence-electron chi connectivity index (χ3n) is 4.18. The Morgan fingerprint density at radius 1 is 1.04 bits per heavy atom. The van der Waals surface area contributed by atoms with Gasteiger partial charge in [0.25, 0.3) is 0 Å². The molecule has 0 atom stereocenters. The molecule has 3 N–H and O–H groups in total. The average molecular weight is 328 g/mol. The van der Waals surface area contributed by atoms with Crippen LogP contribution in [0.2, 0.25) is 0 Å². The zero-order valence-electron chi connectivity index (χ0n) is 14.3. The molecule has 0 aromatic rings. The molecule has 0 aromatic heterocycles. The number of carbonyl (C=O) groups excluding carboxylic acids is 2. The largest absolute Gasteiger partial charge is 0.466 e. The molecule has 2 amide bonds. The Morgan fingerprint density at radius 3 is 2.39 bits per heavy atom. The third kappa shape index (κ3) is 10.2. The quantitative estimate of drug-likeness (QED) is 0.425. The molecule has 1 saturated carbocycles. The number of rotatable bonds is 10. The number of esters is 1. The molecule has 1 aliphatic rings. The zero-order chi connectivity index (χ0) is 16.9. The summed E-state index contributed by atoms with van der Waals surface area (Å²) >= 11 is 0. The second kappa shape index (κ2) is 12.2. The molecule has 0 heterocycles. The Balaban J connectivity index is 1.88. The van der Waals surface area contributed by atoms with E-state index < -0.39 is 0 Å². The van der Waals surface area contributed by atoms with Crippen molar-refractivity contribution in [1.82, 2.24) is 10.6 Å². The first-order valence-corrected chi connectivity index (χ1v) is 9.00. The monoisotopic (exact) mass is 328 g/mol. The fourth-order valence-electron chi connectivity index (χ4n) is 2.82. The van der Waals surface area contributed by atoms with Gasteiger partial charge < -0.3 is 20.5 Å². The van der Waals surface area contributed by atoms with Crippen LogP contribution < -0.4 is 10.6 Å². The Kier molecular flexibility index (Phi) is 10.4. The highest BCUT2D eigenvalue weighted by Crippen LogP contribution is 2.18. The van der Waals surface area contributed by atoms with Gasteiger partial charge >= 0.3 is 12.0 Å². The highest BCUT2D eigenvalue weighted by atomic mass is 16.5. The minimum Gasteiger partial charge on any atom is -0.466 e. The van der Waals surface area contributed by atoms with Crippen LogP contribution in [0.5, 0.6) is 0 Å². The number of hydrogen-bond acceptors (Lipinski definition) is 4. The van der Waals surface area contributed by atoms with Crippen molar-refractivity contribution in [2.75, 3.05) is 13.2 Å². The summed E-state index contributed by atoms with van der Waals surface area (Å²) in [6.07, 6.45) is 8.55. The molecule has 134 valence electrons. The molecule has 23 heavy (non-hydrogen) atoms. The van der Waals surface area contributed by atoms with Crippen molar-refractivity contribution in [1.29, 1.82) is 0 Å². The van der Waals surface area contributed by atoms with Crippen molar-refractivity contribution in [2.45, 2.75) is 83.3 Å². The van der Waals surface area contributed by atoms with E-state index in [4.69, 9.17) is 4.74 Å². The molecule has 0 aromatic carbocycles. The van der Waals surface area contributed by atoms with E-state index in [0.717, 1.165) is 57.8 Å². The maximum Gasteiger partial charge on any atom is 0.315 e. The van der Waals surface area contributed by atoms with Gasteiger partial charge in [-0.2, -0.15) is 0 Å². The summed E-state index contributed by atoms with van der Waals surface area (Å²) in [4.78, 5) is 22.9. The van der Waals surface area contributed by atoms with Crippen LogP contribution in [0.1, 0.15) is 71.1 Å². The maximum absolute atomic E-state index is 11.7. The van der Waals surface area contributed by atoms with E-state index in [9.17, 15) is 14.7 Å². The second-order valence-corrected chi connectivity index (χ2v) is 6.23. The van der Waals surface area contributed by atoms with Gasteiger partial charge in [-0.25, -0.2) is 4.79 Å². The molecule has 0 radical (unpaired) electrons. The summed E-state index contributed by atoms with van der Waals surface area (Å²) in [5.41, 5.74) is 0. The fraction of sp³-hybridized carbons (Fsp3) is 0.882. The summed E-state index contributed by atoms with van der Waals surface area (Å²) in [6.45, 7) is 2.95. The van der Waals surface area contributed by atoms with E-state index in [1.165, 1.54) is 0 Å². The van der Waals surface area contributed by atoms with E-state index in [-0.39, 0.29) is 24.1 Å². The van der Waals surface area contributed by atoms with Crippen molar-refractivity contribution in [3.8, 4) is 0 Å². The Labute approximate surface area is 139 Å². The van der Waals surface area contributed by atoms with Gasteiger partial charge in [0, 0.05) is 19.0 Å². The SMILES string of the molecule is CCOC(=O)CCCCCCCNC(=O)NC1CCC(O)CC1. The fourth-order valence-corrected chi connectivity index (χ4v) is 2.82. The molecular formula is C17H32N2O4. The second-order valence-electron chi connectivity index (χ2n) is 6.23. The smallest absolute Gasteiger partial charge is 0.315 e. The molecule has 0 saturated heterocycles. The highest BCUT2D eigenvalue weighted by molar-refractivity contribution is 5.74. The lowest BCUT2D eigenvalue weighted by molar-refractivity contribution is -0.143. The van der Waals surface area contributed by atoms with Gasteiger partial charge in [0.2, 0.25) is 0 Å². The normalized spacial score (nSPS) is 20.8. The van der Waals surface area contributed by atoms with Crippen molar-refractivity contribution in [3.63, 3.8) is 0 Å². The number of unbranched alkanes of at least 4 members (excludes halogenated alkanes) is 4. The van der Waals surface area contributed by atoms with Crippen LogP contribution in [0.25, 0.3) is 0 Å². The van der Waals surface area contributed by atoms with Gasteiger partial charge in [-0.1, -0.05) is 19.3 Å². The molecule has 0 bridgehead atoms. The first-order chi connectivity index (χ1) is 11.1. The van der Waals surface area contributed by atoms with Crippen LogP contribution in [-0.4, -0.2) is 42.4 Å². The summed E-state index contributed by atoms with van der Waals surface area (Å²) < 4.78 is 4.87. The van der Waals surface area contributed by atoms with Crippen LogP contribution in [0, 0.1) is 0 Å². The molecule has 1 rings (SSSR count). The van der Waals surface area contributed by atoms with Gasteiger partial charge in [-0.05, 0) is 45.4 Å². The van der Waals surface area contributed by atoms with Crippen LogP contribution in [0.4, 0.5) is 4.79 Å². The number of hydrogen-bond donors (Lipinski definition) is 3. The van der Waals surface area contributed by atoms with Gasteiger partial charge in [-0.3, -0.25) is 4.79 Å². The van der Waals surface area contributed by atoms with E-state index in [1.54, 1.807) is 0 Å². The molecule has 1 aliphatic carbocycles. The van der Waals surface area contributed by atoms with Gasteiger partial charge in [0.05, 0.1) is 12.7 Å². The maximum atomic E-state index is 11.7. The van der Waals surface area contributed by atoms with Crippen LogP contribution in [-0.2, 0) is 9.53 Å². The van der Waals surface area contributed by atoms with E-state index >= 15 is 0 Å². The predicted octanol–water partition coefficient (Wildman–Crippen LogP) is 2.49. The topological polar surface area (TPSA) is 87.7 Å². The first kappa shape index (κ1) is 19.7. The van der Waals surface area contributed by atoms with Gasteiger partial charge in [0.15, 0.2) is 0 Å². The van der Waals surface area contributed by atoms with Crippen molar-refractivity contribution >= 4 is 12.0 Å². The number of amides is 2. The number of carbonyl (C=O) groups is 2. The molecule has 6 heteroatoms.